The molecule has 5 aromatic heterocycles. The van der Waals surface area contributed by atoms with Gasteiger partial charge in [0.1, 0.15) is 34.9 Å². The normalized spacial score (nSPS) is 11.5. The van der Waals surface area contributed by atoms with E-state index in [1.165, 1.54) is 0 Å². The van der Waals surface area contributed by atoms with Crippen LogP contribution in [0.3, 0.4) is 0 Å². The van der Waals surface area contributed by atoms with Crippen molar-refractivity contribution in [1.29, 1.82) is 10.5 Å². The summed E-state index contributed by atoms with van der Waals surface area (Å²) in [5.41, 5.74) is 4.01. The molecule has 0 unspecified atom stereocenters. The summed E-state index contributed by atoms with van der Waals surface area (Å²) in [4.78, 5) is 18.9. The Hall–Kier alpha value is -4.76. The van der Waals surface area contributed by atoms with Gasteiger partial charge in [-0.15, -0.1) is 0 Å². The maximum absolute atomic E-state index is 9.54. The van der Waals surface area contributed by atoms with Crippen LogP contribution < -0.4 is 0 Å². The van der Waals surface area contributed by atoms with Crippen LogP contribution in [-0.2, 0) is 13.0 Å². The Balaban J connectivity index is 1.86. The van der Waals surface area contributed by atoms with Gasteiger partial charge in [0.25, 0.3) is 0 Å². The number of hydrogen-bond donors (Lipinski definition) is 0. The molecule has 0 saturated heterocycles. The number of nitriles is 2. The monoisotopic (exact) mass is 418 g/mol. The molecule has 6 rings (SSSR count). The number of para-hydroxylation sites is 2. The van der Waals surface area contributed by atoms with Gasteiger partial charge in [0.05, 0.1) is 29.2 Å². The summed E-state index contributed by atoms with van der Waals surface area (Å²) in [7, 11) is 0. The fourth-order valence-electron chi connectivity index (χ4n) is 4.17. The molecule has 0 aliphatic rings. The average Bonchev–Trinajstić information content (AvgIpc) is 3.54. The van der Waals surface area contributed by atoms with Crippen molar-refractivity contribution in [3.05, 3.63) is 65.6 Å². The molecule has 1 aromatic carbocycles. The van der Waals surface area contributed by atoms with Crippen LogP contribution in [0.15, 0.2) is 47.1 Å². The molecule has 0 bridgehead atoms. The minimum atomic E-state index is -0.0243. The van der Waals surface area contributed by atoms with E-state index in [0.717, 1.165) is 16.9 Å². The molecule has 9 nitrogen and oxygen atoms in total. The van der Waals surface area contributed by atoms with Crippen molar-refractivity contribution in [1.82, 2.24) is 28.9 Å². The summed E-state index contributed by atoms with van der Waals surface area (Å²) >= 11 is 0. The van der Waals surface area contributed by atoms with Crippen LogP contribution in [-0.4, -0.2) is 28.9 Å². The number of aromatic nitrogens is 6. The quantitative estimate of drug-likeness (QED) is 0.429. The van der Waals surface area contributed by atoms with E-state index in [9.17, 15) is 10.5 Å². The number of benzene rings is 1. The third-order valence-corrected chi connectivity index (χ3v) is 5.55. The van der Waals surface area contributed by atoms with E-state index in [4.69, 9.17) is 14.4 Å². The molecule has 5 heterocycles. The Labute approximate surface area is 180 Å². The summed E-state index contributed by atoms with van der Waals surface area (Å²) in [6.07, 6.45) is 2.29. The van der Waals surface area contributed by atoms with E-state index in [-0.39, 0.29) is 11.4 Å². The van der Waals surface area contributed by atoms with E-state index in [2.05, 4.69) is 9.97 Å². The molecule has 0 aliphatic heterocycles. The minimum Gasteiger partial charge on any atom is -0.467 e. The third-order valence-electron chi connectivity index (χ3n) is 5.55. The molecular weight excluding hydrogens is 404 g/mol. The molecule has 0 aliphatic carbocycles. The number of imidazole rings is 1. The Morgan fingerprint density at radius 3 is 2.47 bits per heavy atom. The zero-order valence-corrected chi connectivity index (χ0v) is 16.9. The van der Waals surface area contributed by atoms with Gasteiger partial charge in [-0.3, -0.25) is 4.40 Å². The zero-order valence-electron chi connectivity index (χ0n) is 16.9. The molecule has 152 valence electrons. The van der Waals surface area contributed by atoms with Crippen molar-refractivity contribution in [2.45, 2.75) is 19.9 Å². The van der Waals surface area contributed by atoms with Crippen LogP contribution in [0.1, 0.15) is 29.9 Å². The third kappa shape index (κ3) is 2.36. The van der Waals surface area contributed by atoms with Crippen LogP contribution in [0.25, 0.3) is 38.9 Å². The number of nitrogens with zero attached hydrogens (tertiary/aromatic N) is 8. The number of fused-ring (bicyclic) bond motifs is 7. The highest BCUT2D eigenvalue weighted by Gasteiger charge is 2.24. The summed E-state index contributed by atoms with van der Waals surface area (Å²) in [5.74, 6) is 1.55. The van der Waals surface area contributed by atoms with Crippen molar-refractivity contribution < 1.29 is 4.42 Å². The van der Waals surface area contributed by atoms with Crippen molar-refractivity contribution in [2.24, 2.45) is 0 Å². The summed E-state index contributed by atoms with van der Waals surface area (Å²) in [5, 5.41) is 19.7. The van der Waals surface area contributed by atoms with E-state index in [1.807, 2.05) is 64.4 Å². The first kappa shape index (κ1) is 18.0. The molecule has 0 N–H and O–H groups in total. The van der Waals surface area contributed by atoms with Crippen molar-refractivity contribution >= 4 is 38.9 Å². The van der Waals surface area contributed by atoms with Gasteiger partial charge in [0.2, 0.25) is 0 Å². The van der Waals surface area contributed by atoms with E-state index >= 15 is 0 Å². The Bertz CT molecular complexity index is 1760. The number of furan rings is 1. The lowest BCUT2D eigenvalue weighted by Gasteiger charge is -2.07. The Kier molecular flexibility index (Phi) is 3.73. The van der Waals surface area contributed by atoms with Gasteiger partial charge in [-0.05, 0) is 24.3 Å². The van der Waals surface area contributed by atoms with Crippen LogP contribution in [0.5, 0.6) is 0 Å². The highest BCUT2D eigenvalue weighted by atomic mass is 16.3. The average molecular weight is 418 g/mol. The minimum absolute atomic E-state index is 0.0223. The number of hydrogen-bond acceptors (Lipinski definition) is 7. The van der Waals surface area contributed by atoms with E-state index < -0.39 is 0 Å². The lowest BCUT2D eigenvalue weighted by Crippen LogP contribution is -2.05. The van der Waals surface area contributed by atoms with Gasteiger partial charge in [-0.1, -0.05) is 19.1 Å². The maximum atomic E-state index is 9.54. The van der Waals surface area contributed by atoms with Crippen LogP contribution >= 0.6 is 0 Å². The largest absolute Gasteiger partial charge is 0.467 e. The van der Waals surface area contributed by atoms with Gasteiger partial charge in [0, 0.05) is 6.42 Å². The van der Waals surface area contributed by atoms with Crippen LogP contribution in [0.4, 0.5) is 0 Å². The summed E-state index contributed by atoms with van der Waals surface area (Å²) in [6.45, 7) is 2.39. The second kappa shape index (κ2) is 6.62. The molecule has 0 fully saturated rings. The number of aryl methyl sites for hydroxylation is 1. The summed E-state index contributed by atoms with van der Waals surface area (Å²) < 4.78 is 9.46. The molecular formula is C23H14N8O. The van der Waals surface area contributed by atoms with Gasteiger partial charge >= 0.3 is 0 Å². The lowest BCUT2D eigenvalue weighted by atomic mass is 10.3. The van der Waals surface area contributed by atoms with Gasteiger partial charge in [-0.2, -0.15) is 10.5 Å². The fraction of sp³-hybridized carbons (Fsp3) is 0.130. The van der Waals surface area contributed by atoms with Gasteiger partial charge in [0.15, 0.2) is 22.7 Å². The molecule has 0 radical (unpaired) electrons. The lowest BCUT2D eigenvalue weighted by molar-refractivity contribution is 0.498. The fourth-order valence-corrected chi connectivity index (χ4v) is 4.17. The van der Waals surface area contributed by atoms with Gasteiger partial charge in [-0.25, -0.2) is 19.9 Å². The van der Waals surface area contributed by atoms with E-state index in [1.54, 1.807) is 6.26 Å². The van der Waals surface area contributed by atoms with Crippen LogP contribution in [0.2, 0.25) is 0 Å². The molecule has 9 heteroatoms. The molecule has 0 atom stereocenters. The SMILES string of the molecule is CCc1nc2c(c3nc(C#N)c(C#N)nc3n2Cc2ccco2)c2nc3ccccc3n12. The first-order chi connectivity index (χ1) is 15.7. The molecule has 6 aromatic rings. The van der Waals surface area contributed by atoms with Gasteiger partial charge < -0.3 is 8.98 Å². The molecule has 32 heavy (non-hydrogen) atoms. The predicted molar refractivity (Wildman–Crippen MR) is 116 cm³/mol. The zero-order chi connectivity index (χ0) is 21.8. The second-order valence-electron chi connectivity index (χ2n) is 7.32. The maximum Gasteiger partial charge on any atom is 0.179 e. The molecule has 0 amide bonds. The second-order valence-corrected chi connectivity index (χ2v) is 7.32. The Morgan fingerprint density at radius 2 is 1.72 bits per heavy atom. The van der Waals surface area contributed by atoms with Crippen LogP contribution in [0, 0.1) is 22.7 Å². The number of rotatable bonds is 3. The van der Waals surface area contributed by atoms with E-state index in [0.29, 0.717) is 46.6 Å². The summed E-state index contributed by atoms with van der Waals surface area (Å²) in [6, 6.07) is 15.5. The Morgan fingerprint density at radius 1 is 0.906 bits per heavy atom. The smallest absolute Gasteiger partial charge is 0.179 e. The topological polar surface area (TPSA) is 122 Å². The molecule has 0 saturated carbocycles. The highest BCUT2D eigenvalue weighted by molar-refractivity contribution is 6.11. The first-order valence-corrected chi connectivity index (χ1v) is 10.1. The standard InChI is InChI=1S/C23H14N8O/c1-2-18-29-21-19(22-27-14-7-3-4-8-17(14)31(18)22)20-23(28-16(11-25)15(10-24)26-20)30(21)12-13-6-5-9-32-13/h3-9H,2,12H2,1H3. The first-order valence-electron chi connectivity index (χ1n) is 10.1. The highest BCUT2D eigenvalue weighted by Crippen LogP contribution is 2.32. The molecule has 0 spiro atoms. The van der Waals surface area contributed by atoms with Crippen molar-refractivity contribution in [2.75, 3.05) is 0 Å². The van der Waals surface area contributed by atoms with Crippen molar-refractivity contribution in [3.8, 4) is 12.1 Å². The predicted octanol–water partition coefficient (Wildman–Crippen LogP) is 3.73. The van der Waals surface area contributed by atoms with Crippen molar-refractivity contribution in [3.63, 3.8) is 0 Å².